The summed E-state index contributed by atoms with van der Waals surface area (Å²) in [5, 5.41) is 18.0. The third-order valence-electron chi connectivity index (χ3n) is 1.93. The molecule has 0 atom stereocenters. The molecule has 2 N–H and O–H groups in total. The van der Waals surface area contributed by atoms with Gasteiger partial charge in [0.25, 0.3) is 0 Å². The number of phenols is 1. The van der Waals surface area contributed by atoms with E-state index >= 15 is 0 Å². The summed E-state index contributed by atoms with van der Waals surface area (Å²) in [6.45, 7) is 9.46. The number of alkyl halides is 2. The number of hydrogen-bond donors (Lipinski definition) is 2. The summed E-state index contributed by atoms with van der Waals surface area (Å²) in [5.74, 6) is 1.25. The number of aliphatic hydroxyl groups is 1. The lowest BCUT2D eigenvalue weighted by molar-refractivity contribution is 0.324. The Morgan fingerprint density at radius 3 is 1.37 bits per heavy atom. The monoisotopic (exact) mass is 506 g/mol. The van der Waals surface area contributed by atoms with Gasteiger partial charge in [0.15, 0.2) is 0 Å². The molecule has 0 bridgehead atoms. The van der Waals surface area contributed by atoms with Crippen LogP contribution in [0.15, 0.2) is 60.7 Å². The van der Waals surface area contributed by atoms with Crippen LogP contribution in [0.2, 0.25) is 0 Å². The Balaban J connectivity index is -0.000000296. The second kappa shape index (κ2) is 29.7. The van der Waals surface area contributed by atoms with Crippen molar-refractivity contribution in [1.82, 2.24) is 0 Å². The summed E-state index contributed by atoms with van der Waals surface area (Å²) in [4.78, 5) is 0. The molecule has 27 heavy (non-hydrogen) atoms. The van der Waals surface area contributed by atoms with E-state index < -0.39 is 0 Å². The van der Waals surface area contributed by atoms with E-state index in [-0.39, 0.29) is 6.61 Å². The van der Waals surface area contributed by atoms with Gasteiger partial charge in [0.2, 0.25) is 0 Å². The van der Waals surface area contributed by atoms with Crippen LogP contribution in [0.25, 0.3) is 0 Å². The molecule has 0 amide bonds. The summed E-state index contributed by atoms with van der Waals surface area (Å²) in [6.07, 6.45) is 2.50. The zero-order chi connectivity index (χ0) is 21.2. The van der Waals surface area contributed by atoms with Crippen LogP contribution in [0.5, 0.6) is 11.5 Å². The second-order valence-electron chi connectivity index (χ2n) is 5.01. The Hall–Kier alpha value is -1.04. The molecule has 5 heteroatoms. The minimum Gasteiger partial charge on any atom is -0.508 e. The highest BCUT2D eigenvalue weighted by Gasteiger charge is 1.87. The van der Waals surface area contributed by atoms with Gasteiger partial charge < -0.3 is 14.9 Å². The molecule has 2 rings (SSSR count). The SMILES string of the molecule is BrCCOc1ccccc1.CCC.CCC.OCCBr.Oc1ccccc1. The van der Waals surface area contributed by atoms with Crippen molar-refractivity contribution in [3.05, 3.63) is 60.7 Å². The summed E-state index contributed by atoms with van der Waals surface area (Å²) in [5.41, 5.74) is 0. The van der Waals surface area contributed by atoms with Crippen LogP contribution in [-0.2, 0) is 0 Å². The molecule has 0 fully saturated rings. The first-order chi connectivity index (χ1) is 13.1. The summed E-state index contributed by atoms with van der Waals surface area (Å²) in [7, 11) is 0. The van der Waals surface area contributed by atoms with Crippen molar-refractivity contribution >= 4 is 31.9 Å². The number of aromatic hydroxyl groups is 1. The minimum absolute atomic E-state index is 0.236. The summed E-state index contributed by atoms with van der Waals surface area (Å²) < 4.78 is 5.31. The lowest BCUT2D eigenvalue weighted by Gasteiger charge is -2.01. The minimum atomic E-state index is 0.236. The average molecular weight is 508 g/mol. The van der Waals surface area contributed by atoms with Gasteiger partial charge in [0.1, 0.15) is 11.5 Å². The Morgan fingerprint density at radius 1 is 0.741 bits per heavy atom. The van der Waals surface area contributed by atoms with Crippen LogP contribution in [0.4, 0.5) is 0 Å². The third-order valence-corrected chi connectivity index (χ3v) is 2.61. The largest absolute Gasteiger partial charge is 0.508 e. The first-order valence-electron chi connectivity index (χ1n) is 9.22. The van der Waals surface area contributed by atoms with Gasteiger partial charge in [-0.05, 0) is 24.3 Å². The molecule has 0 aliphatic carbocycles. The fourth-order valence-corrected chi connectivity index (χ4v) is 1.26. The smallest absolute Gasteiger partial charge is 0.119 e. The predicted octanol–water partition coefficient (Wildman–Crippen LogP) is 7.06. The van der Waals surface area contributed by atoms with Crippen LogP contribution < -0.4 is 4.74 Å². The lowest BCUT2D eigenvalue weighted by Crippen LogP contribution is -1.96. The normalized spacial score (nSPS) is 8.11. The number of hydrogen-bond acceptors (Lipinski definition) is 3. The number of ether oxygens (including phenoxy) is 1. The van der Waals surface area contributed by atoms with E-state index in [9.17, 15) is 0 Å². The van der Waals surface area contributed by atoms with Crippen molar-refractivity contribution in [2.24, 2.45) is 0 Å². The fourth-order valence-electron chi connectivity index (χ4n) is 1.10. The zero-order valence-corrected chi connectivity index (χ0v) is 20.2. The van der Waals surface area contributed by atoms with Crippen LogP contribution in [0, 0.1) is 0 Å². The maximum atomic E-state index is 8.63. The topological polar surface area (TPSA) is 49.7 Å². The number of aliphatic hydroxyl groups excluding tert-OH is 1. The van der Waals surface area contributed by atoms with Crippen molar-refractivity contribution in [2.75, 3.05) is 23.9 Å². The van der Waals surface area contributed by atoms with Gasteiger partial charge in [-0.15, -0.1) is 0 Å². The van der Waals surface area contributed by atoms with E-state index in [1.807, 2.05) is 36.4 Å². The molecule has 0 saturated heterocycles. The molecule has 0 saturated carbocycles. The highest BCUT2D eigenvalue weighted by molar-refractivity contribution is 9.09. The van der Waals surface area contributed by atoms with Crippen molar-refractivity contribution in [1.29, 1.82) is 0 Å². The van der Waals surface area contributed by atoms with Crippen LogP contribution in [0.3, 0.4) is 0 Å². The molecule has 156 valence electrons. The van der Waals surface area contributed by atoms with Crippen molar-refractivity contribution in [3.63, 3.8) is 0 Å². The highest BCUT2D eigenvalue weighted by Crippen LogP contribution is 2.07. The lowest BCUT2D eigenvalue weighted by atomic mass is 10.3. The quantitative estimate of drug-likeness (QED) is 0.435. The number of para-hydroxylation sites is 2. The van der Waals surface area contributed by atoms with Gasteiger partial charge in [0, 0.05) is 10.7 Å². The van der Waals surface area contributed by atoms with Crippen molar-refractivity contribution < 1.29 is 14.9 Å². The van der Waals surface area contributed by atoms with Gasteiger partial charge in [-0.1, -0.05) is 109 Å². The first-order valence-corrected chi connectivity index (χ1v) is 11.5. The molecule has 0 heterocycles. The molecule has 3 nitrogen and oxygen atoms in total. The van der Waals surface area contributed by atoms with Crippen LogP contribution >= 0.6 is 31.9 Å². The predicted molar refractivity (Wildman–Crippen MR) is 127 cm³/mol. The molecular weight excluding hydrogens is 472 g/mol. The number of benzene rings is 2. The highest BCUT2D eigenvalue weighted by atomic mass is 79.9. The third kappa shape index (κ3) is 33.0. The number of rotatable bonds is 4. The zero-order valence-electron chi connectivity index (χ0n) is 17.1. The number of halogens is 2. The van der Waals surface area contributed by atoms with E-state index in [0.29, 0.717) is 11.1 Å². The first kappa shape index (κ1) is 30.7. The molecule has 0 aromatic heterocycles. The summed E-state index contributed by atoms with van der Waals surface area (Å²) in [6, 6.07) is 18.5. The summed E-state index contributed by atoms with van der Waals surface area (Å²) >= 11 is 6.28. The Kier molecular flexibility index (Phi) is 33.8. The molecule has 0 radical (unpaired) electrons. The van der Waals surface area contributed by atoms with E-state index in [1.165, 1.54) is 12.8 Å². The Labute approximate surface area is 183 Å². The maximum Gasteiger partial charge on any atom is 0.119 e. The molecule has 2 aromatic rings. The van der Waals surface area contributed by atoms with E-state index in [1.54, 1.807) is 24.3 Å². The maximum absolute atomic E-state index is 8.63. The van der Waals surface area contributed by atoms with Gasteiger partial charge in [-0.25, -0.2) is 0 Å². The molecule has 2 aromatic carbocycles. The van der Waals surface area contributed by atoms with E-state index in [0.717, 1.165) is 17.7 Å². The molecule has 0 aliphatic rings. The second-order valence-corrected chi connectivity index (χ2v) is 6.60. The molecule has 0 aliphatic heterocycles. The molecule has 0 unspecified atom stereocenters. The van der Waals surface area contributed by atoms with E-state index in [4.69, 9.17) is 14.9 Å². The van der Waals surface area contributed by atoms with Crippen LogP contribution in [-0.4, -0.2) is 34.1 Å². The Bertz CT molecular complexity index is 450. The van der Waals surface area contributed by atoms with E-state index in [2.05, 4.69) is 59.6 Å². The Morgan fingerprint density at radius 2 is 1.11 bits per heavy atom. The van der Waals surface area contributed by atoms with Crippen molar-refractivity contribution in [2.45, 2.75) is 40.5 Å². The van der Waals surface area contributed by atoms with Crippen LogP contribution in [0.1, 0.15) is 40.5 Å². The van der Waals surface area contributed by atoms with Gasteiger partial charge in [-0.3, -0.25) is 0 Å². The van der Waals surface area contributed by atoms with Crippen molar-refractivity contribution in [3.8, 4) is 11.5 Å². The van der Waals surface area contributed by atoms with Gasteiger partial charge in [0.05, 0.1) is 13.2 Å². The molecule has 0 spiro atoms. The average Bonchev–Trinajstić information content (AvgIpc) is 2.70. The molecular formula is C22H36Br2O3. The number of phenolic OH excluding ortho intramolecular Hbond substituents is 1. The standard InChI is InChI=1S/C8H9BrO.C6H6O.2C3H8.C2H5BrO/c9-6-7-10-8-4-2-1-3-5-8;7-6-4-2-1-3-5-6;2*1-3-2;3-1-2-4/h1-5H,6-7H2;1-5,7H;2*3H2,1-2H3;4H,1-2H2. The van der Waals surface area contributed by atoms with Gasteiger partial charge >= 0.3 is 0 Å². The van der Waals surface area contributed by atoms with Gasteiger partial charge in [-0.2, -0.15) is 0 Å². The fraction of sp³-hybridized carbons (Fsp3) is 0.455.